The van der Waals surface area contributed by atoms with E-state index in [0.717, 1.165) is 39.0 Å². The van der Waals surface area contributed by atoms with Crippen LogP contribution in [0.4, 0.5) is 5.88 Å². The second kappa shape index (κ2) is 9.18. The van der Waals surface area contributed by atoms with Gasteiger partial charge in [0.15, 0.2) is 0 Å². The summed E-state index contributed by atoms with van der Waals surface area (Å²) in [7, 11) is 0. The van der Waals surface area contributed by atoms with Crippen LogP contribution in [0.15, 0.2) is 16.5 Å². The molecule has 0 aromatic carbocycles. The molecule has 0 amide bonds. The Bertz CT molecular complexity index is 408. The fourth-order valence-corrected chi connectivity index (χ4v) is 2.39. The van der Waals surface area contributed by atoms with Crippen molar-refractivity contribution in [2.45, 2.75) is 25.8 Å². The van der Waals surface area contributed by atoms with E-state index in [9.17, 15) is 10.1 Å². The first kappa shape index (κ1) is 19.2. The van der Waals surface area contributed by atoms with Crippen molar-refractivity contribution in [3.63, 3.8) is 0 Å². The van der Waals surface area contributed by atoms with E-state index >= 15 is 0 Å². The largest absolute Gasteiger partial charge is 0.433 e. The average molecular weight is 326 g/mol. The van der Waals surface area contributed by atoms with E-state index in [4.69, 9.17) is 4.42 Å². The Morgan fingerprint density at radius 3 is 2.55 bits per heavy atom. The molecule has 2 heterocycles. The second-order valence-electron chi connectivity index (χ2n) is 4.52. The average Bonchev–Trinajstić information content (AvgIpc) is 2.86. The van der Waals surface area contributed by atoms with E-state index in [1.807, 2.05) is 0 Å². The molecule has 116 valence electrons. The highest BCUT2D eigenvalue weighted by Crippen LogP contribution is 2.29. The van der Waals surface area contributed by atoms with Gasteiger partial charge >= 0.3 is 5.88 Å². The van der Waals surface area contributed by atoms with Crippen LogP contribution < -0.4 is 5.32 Å². The summed E-state index contributed by atoms with van der Waals surface area (Å²) >= 11 is 0. The van der Waals surface area contributed by atoms with Crippen molar-refractivity contribution >= 4 is 30.7 Å². The van der Waals surface area contributed by atoms with Crippen molar-refractivity contribution in [1.82, 2.24) is 10.2 Å². The minimum atomic E-state index is -0.482. The number of nitrogens with one attached hydrogen (secondary N) is 1. The molecule has 0 unspecified atom stereocenters. The first-order valence-corrected chi connectivity index (χ1v) is 6.41. The molecule has 0 radical (unpaired) electrons. The maximum absolute atomic E-state index is 10.7. The van der Waals surface area contributed by atoms with Crippen molar-refractivity contribution < 1.29 is 9.34 Å². The van der Waals surface area contributed by atoms with Gasteiger partial charge in [-0.05, 0) is 12.5 Å². The summed E-state index contributed by atoms with van der Waals surface area (Å²) < 4.78 is 5.35. The molecule has 1 fully saturated rings. The number of furan rings is 1. The van der Waals surface area contributed by atoms with Crippen molar-refractivity contribution in [3.05, 3.63) is 28.0 Å². The van der Waals surface area contributed by atoms with Crippen LogP contribution in [-0.2, 0) is 0 Å². The second-order valence-corrected chi connectivity index (χ2v) is 4.52. The third-order valence-corrected chi connectivity index (χ3v) is 3.28. The maximum Gasteiger partial charge on any atom is 0.433 e. The lowest BCUT2D eigenvalue weighted by atomic mass is 10.1. The Morgan fingerprint density at radius 1 is 1.40 bits per heavy atom. The third-order valence-electron chi connectivity index (χ3n) is 3.28. The fraction of sp³-hybridized carbons (Fsp3) is 0.667. The zero-order valence-corrected chi connectivity index (χ0v) is 13.0. The first-order valence-electron chi connectivity index (χ1n) is 6.41. The van der Waals surface area contributed by atoms with E-state index in [-0.39, 0.29) is 36.7 Å². The summed E-state index contributed by atoms with van der Waals surface area (Å²) in [5, 5.41) is 14.0. The van der Waals surface area contributed by atoms with Gasteiger partial charge in [0, 0.05) is 26.2 Å². The molecule has 1 N–H and O–H groups in total. The normalized spacial score (nSPS) is 16.9. The van der Waals surface area contributed by atoms with Crippen LogP contribution in [0.2, 0.25) is 0 Å². The Kier molecular flexibility index (Phi) is 8.80. The highest BCUT2D eigenvalue weighted by Gasteiger charge is 2.25. The van der Waals surface area contributed by atoms with Crippen LogP contribution in [0.3, 0.4) is 0 Å². The number of hydrogen-bond donors (Lipinski definition) is 1. The van der Waals surface area contributed by atoms with Crippen molar-refractivity contribution in [2.24, 2.45) is 0 Å². The Balaban J connectivity index is 0.00000180. The van der Waals surface area contributed by atoms with Crippen LogP contribution in [0.25, 0.3) is 0 Å². The highest BCUT2D eigenvalue weighted by molar-refractivity contribution is 5.85. The molecule has 1 aliphatic rings. The Morgan fingerprint density at radius 2 is 2.05 bits per heavy atom. The van der Waals surface area contributed by atoms with Gasteiger partial charge in [-0.2, -0.15) is 0 Å². The van der Waals surface area contributed by atoms with Gasteiger partial charge in [-0.3, -0.25) is 15.0 Å². The van der Waals surface area contributed by atoms with Crippen LogP contribution in [-0.4, -0.2) is 36.0 Å². The summed E-state index contributed by atoms with van der Waals surface area (Å²) in [5.74, 6) is 0.548. The standard InChI is InChI=1S/C12H19N3O3.2ClH/c1-2-3-10(14-8-6-13-7-9-14)11-4-5-12(18-11)15(16)17;;/h4-5,10,13H,2-3,6-9H2,1H3;2*1H/t10-;;/m1../s1. The van der Waals surface area contributed by atoms with E-state index in [2.05, 4.69) is 17.1 Å². The van der Waals surface area contributed by atoms with Crippen LogP contribution in [0, 0.1) is 10.1 Å². The van der Waals surface area contributed by atoms with Crippen LogP contribution in [0.1, 0.15) is 31.6 Å². The molecule has 1 aliphatic heterocycles. The predicted molar refractivity (Wildman–Crippen MR) is 82.0 cm³/mol. The van der Waals surface area contributed by atoms with Gasteiger partial charge in [-0.1, -0.05) is 13.3 Å². The molecule has 1 aromatic rings. The molecule has 20 heavy (non-hydrogen) atoms. The Labute approximate surface area is 130 Å². The minimum absolute atomic E-state index is 0. The number of hydrogen-bond acceptors (Lipinski definition) is 5. The molecular weight excluding hydrogens is 305 g/mol. The smallest absolute Gasteiger partial charge is 0.404 e. The van der Waals surface area contributed by atoms with Gasteiger partial charge in [-0.15, -0.1) is 24.8 Å². The maximum atomic E-state index is 10.7. The predicted octanol–water partition coefficient (Wildman–Crippen LogP) is 2.78. The van der Waals surface area contributed by atoms with Gasteiger partial charge in [0.05, 0.1) is 12.1 Å². The number of rotatable bonds is 5. The lowest BCUT2D eigenvalue weighted by molar-refractivity contribution is -0.402. The van der Waals surface area contributed by atoms with Gasteiger partial charge in [0.25, 0.3) is 0 Å². The van der Waals surface area contributed by atoms with Gasteiger partial charge in [-0.25, -0.2) is 0 Å². The number of halogens is 2. The highest BCUT2D eigenvalue weighted by atomic mass is 35.5. The van der Waals surface area contributed by atoms with E-state index in [0.29, 0.717) is 5.76 Å². The fourth-order valence-electron chi connectivity index (χ4n) is 2.39. The third kappa shape index (κ3) is 4.63. The lowest BCUT2D eigenvalue weighted by Crippen LogP contribution is -2.45. The molecule has 8 heteroatoms. The molecule has 1 aromatic heterocycles. The monoisotopic (exact) mass is 325 g/mol. The van der Waals surface area contributed by atoms with E-state index in [1.165, 1.54) is 6.07 Å². The molecular formula is C12H21Cl2N3O3. The zero-order valence-electron chi connectivity index (χ0n) is 11.4. The lowest BCUT2D eigenvalue weighted by Gasteiger charge is -2.33. The van der Waals surface area contributed by atoms with Crippen molar-refractivity contribution in [1.29, 1.82) is 0 Å². The summed E-state index contributed by atoms with van der Waals surface area (Å²) in [6.45, 7) is 5.96. The molecule has 1 saturated heterocycles. The van der Waals surface area contributed by atoms with E-state index in [1.54, 1.807) is 6.07 Å². The molecule has 0 saturated carbocycles. The van der Waals surface area contributed by atoms with Crippen LogP contribution in [0.5, 0.6) is 0 Å². The summed E-state index contributed by atoms with van der Waals surface area (Å²) in [6, 6.07) is 3.34. The SMILES string of the molecule is CCC[C@H](c1ccc([N+](=O)[O-])o1)N1CCNCC1.Cl.Cl. The topological polar surface area (TPSA) is 71.5 Å². The summed E-state index contributed by atoms with van der Waals surface area (Å²) in [5.41, 5.74) is 0. The van der Waals surface area contributed by atoms with E-state index < -0.39 is 4.92 Å². The zero-order chi connectivity index (χ0) is 13.0. The van der Waals surface area contributed by atoms with Crippen molar-refractivity contribution in [3.8, 4) is 0 Å². The van der Waals surface area contributed by atoms with Gasteiger partial charge in [0.2, 0.25) is 0 Å². The number of nitrogens with zero attached hydrogens (tertiary/aromatic N) is 2. The number of nitro groups is 1. The minimum Gasteiger partial charge on any atom is -0.404 e. The van der Waals surface area contributed by atoms with Crippen LogP contribution >= 0.6 is 24.8 Å². The Hall–Kier alpha value is -0.820. The molecule has 0 spiro atoms. The first-order chi connectivity index (χ1) is 8.72. The number of piperazine rings is 1. The van der Waals surface area contributed by atoms with Crippen molar-refractivity contribution in [2.75, 3.05) is 26.2 Å². The quantitative estimate of drug-likeness (QED) is 0.665. The van der Waals surface area contributed by atoms with Gasteiger partial charge in [0.1, 0.15) is 10.7 Å². The molecule has 2 rings (SSSR count). The summed E-state index contributed by atoms with van der Waals surface area (Å²) in [4.78, 5) is 12.5. The molecule has 6 nitrogen and oxygen atoms in total. The molecule has 0 aliphatic carbocycles. The summed E-state index contributed by atoms with van der Waals surface area (Å²) in [6.07, 6.45) is 1.99. The molecule has 1 atom stereocenters. The van der Waals surface area contributed by atoms with Gasteiger partial charge < -0.3 is 9.73 Å². The molecule has 0 bridgehead atoms.